The van der Waals surface area contributed by atoms with Gasteiger partial charge in [0.15, 0.2) is 5.69 Å². The number of carbonyl (C=O) groups is 2. The van der Waals surface area contributed by atoms with Crippen LogP contribution in [0.4, 0.5) is 11.4 Å². The van der Waals surface area contributed by atoms with Gasteiger partial charge in [-0.3, -0.25) is 14.0 Å². The topological polar surface area (TPSA) is 70.0 Å². The minimum Gasteiger partial charge on any atom is -0.378 e. The van der Waals surface area contributed by atoms with Crippen LogP contribution in [0.5, 0.6) is 0 Å². The molecule has 0 saturated heterocycles. The maximum Gasteiger partial charge on any atom is 0.289 e. The molecule has 29 heavy (non-hydrogen) atoms. The zero-order valence-electron chi connectivity index (χ0n) is 17.3. The number of unbranched alkanes of at least 4 members (excludes halogenated alkanes) is 1. The number of anilines is 2. The number of benzene rings is 1. The molecule has 3 rings (SSSR count). The first-order valence-corrected chi connectivity index (χ1v) is 9.73. The molecule has 1 aromatic carbocycles. The fourth-order valence-corrected chi connectivity index (χ4v) is 3.06. The van der Waals surface area contributed by atoms with Gasteiger partial charge in [0.05, 0.1) is 5.52 Å². The molecular weight excluding hydrogens is 366 g/mol. The Labute approximate surface area is 171 Å². The van der Waals surface area contributed by atoms with Crippen molar-refractivity contribution in [1.29, 1.82) is 0 Å². The number of imidazole rings is 1. The number of amides is 2. The second kappa shape index (κ2) is 8.77. The van der Waals surface area contributed by atoms with Gasteiger partial charge in [-0.25, -0.2) is 4.98 Å². The molecule has 2 amide bonds. The molecule has 0 unspecified atom stereocenters. The van der Waals surface area contributed by atoms with Gasteiger partial charge in [0.2, 0.25) is 5.82 Å². The van der Waals surface area contributed by atoms with E-state index in [0.29, 0.717) is 17.7 Å². The highest BCUT2D eigenvalue weighted by Crippen LogP contribution is 2.19. The quantitative estimate of drug-likeness (QED) is 0.667. The normalized spacial score (nSPS) is 10.8. The first kappa shape index (κ1) is 20.4. The largest absolute Gasteiger partial charge is 0.378 e. The van der Waals surface area contributed by atoms with Crippen LogP contribution in [0.25, 0.3) is 5.52 Å². The highest BCUT2D eigenvalue weighted by atomic mass is 16.2. The molecule has 0 aliphatic heterocycles. The molecule has 2 aromatic heterocycles. The van der Waals surface area contributed by atoms with Crippen molar-refractivity contribution in [2.45, 2.75) is 19.8 Å². The summed E-state index contributed by atoms with van der Waals surface area (Å²) in [7, 11) is 5.68. The lowest BCUT2D eigenvalue weighted by molar-refractivity contribution is 0.0780. The van der Waals surface area contributed by atoms with Gasteiger partial charge in [0.25, 0.3) is 11.8 Å². The molecule has 0 aliphatic carbocycles. The van der Waals surface area contributed by atoms with Crippen LogP contribution in [0.15, 0.2) is 48.7 Å². The van der Waals surface area contributed by atoms with Crippen LogP contribution in [0.1, 0.15) is 40.9 Å². The zero-order valence-corrected chi connectivity index (χ0v) is 17.3. The van der Waals surface area contributed by atoms with Gasteiger partial charge in [-0.05, 0) is 42.8 Å². The minimum atomic E-state index is -0.346. The smallest absolute Gasteiger partial charge is 0.289 e. The van der Waals surface area contributed by atoms with E-state index in [1.807, 2.05) is 55.4 Å². The number of nitrogens with one attached hydrogen (secondary N) is 1. The molecule has 0 spiro atoms. The standard InChI is InChI=1S/C22H27N5O2/c1-5-6-14-26(4)22(29)20-24-19(18-9-7-8-15-27(18)20)21(28)23-16-10-12-17(13-11-16)25(2)3/h7-13,15H,5-6,14H2,1-4H3,(H,23,28). The summed E-state index contributed by atoms with van der Waals surface area (Å²) in [5, 5.41) is 2.87. The van der Waals surface area contributed by atoms with Crippen LogP contribution >= 0.6 is 0 Å². The van der Waals surface area contributed by atoms with E-state index < -0.39 is 0 Å². The van der Waals surface area contributed by atoms with Gasteiger partial charge >= 0.3 is 0 Å². The fourth-order valence-electron chi connectivity index (χ4n) is 3.06. The number of nitrogens with zero attached hydrogens (tertiary/aromatic N) is 4. The van der Waals surface area contributed by atoms with Crippen LogP contribution in [0.2, 0.25) is 0 Å². The Bertz CT molecular complexity index is 1010. The maximum atomic E-state index is 12.9. The first-order chi connectivity index (χ1) is 13.9. The van der Waals surface area contributed by atoms with E-state index in [-0.39, 0.29) is 23.3 Å². The molecule has 3 aromatic rings. The number of hydrogen-bond acceptors (Lipinski definition) is 4. The molecule has 2 heterocycles. The third-order valence-corrected chi connectivity index (χ3v) is 4.79. The average molecular weight is 393 g/mol. The first-order valence-electron chi connectivity index (χ1n) is 9.73. The van der Waals surface area contributed by atoms with E-state index in [0.717, 1.165) is 18.5 Å². The van der Waals surface area contributed by atoms with Crippen molar-refractivity contribution < 1.29 is 9.59 Å². The molecule has 0 atom stereocenters. The van der Waals surface area contributed by atoms with Gasteiger partial charge < -0.3 is 15.1 Å². The van der Waals surface area contributed by atoms with E-state index in [1.54, 1.807) is 28.6 Å². The van der Waals surface area contributed by atoms with E-state index in [9.17, 15) is 9.59 Å². The highest BCUT2D eigenvalue weighted by Gasteiger charge is 2.23. The van der Waals surface area contributed by atoms with E-state index in [4.69, 9.17) is 0 Å². The Morgan fingerprint density at radius 1 is 1.07 bits per heavy atom. The Balaban J connectivity index is 1.89. The van der Waals surface area contributed by atoms with Crippen LogP contribution < -0.4 is 10.2 Å². The Morgan fingerprint density at radius 2 is 1.79 bits per heavy atom. The number of fused-ring (bicyclic) bond motifs is 1. The van der Waals surface area contributed by atoms with Crippen molar-refractivity contribution in [1.82, 2.24) is 14.3 Å². The van der Waals surface area contributed by atoms with Crippen LogP contribution in [-0.4, -0.2) is 53.8 Å². The lowest BCUT2D eigenvalue weighted by Gasteiger charge is -2.15. The van der Waals surface area contributed by atoms with Gasteiger partial charge in [-0.1, -0.05) is 19.4 Å². The number of carbonyl (C=O) groups excluding carboxylic acids is 2. The predicted octanol–water partition coefficient (Wildman–Crippen LogP) is 3.52. The summed E-state index contributed by atoms with van der Waals surface area (Å²) in [6.45, 7) is 2.73. The third kappa shape index (κ3) is 4.39. The number of pyridine rings is 1. The summed E-state index contributed by atoms with van der Waals surface area (Å²) in [6, 6.07) is 13.0. The third-order valence-electron chi connectivity index (χ3n) is 4.79. The summed E-state index contributed by atoms with van der Waals surface area (Å²) in [5.41, 5.74) is 2.54. The van der Waals surface area contributed by atoms with Crippen molar-refractivity contribution in [3.63, 3.8) is 0 Å². The van der Waals surface area contributed by atoms with E-state index in [1.165, 1.54) is 0 Å². The van der Waals surface area contributed by atoms with Gasteiger partial charge in [-0.2, -0.15) is 0 Å². The molecule has 0 aliphatic rings. The molecule has 0 radical (unpaired) electrons. The second-order valence-corrected chi connectivity index (χ2v) is 7.22. The molecule has 152 valence electrons. The molecule has 0 bridgehead atoms. The highest BCUT2D eigenvalue weighted by molar-refractivity contribution is 6.09. The van der Waals surface area contributed by atoms with Crippen molar-refractivity contribution in [3.05, 3.63) is 60.2 Å². The van der Waals surface area contributed by atoms with Crippen LogP contribution in [-0.2, 0) is 0 Å². The van der Waals surface area contributed by atoms with Crippen molar-refractivity contribution in [2.24, 2.45) is 0 Å². The van der Waals surface area contributed by atoms with Gasteiger partial charge in [0.1, 0.15) is 0 Å². The lowest BCUT2D eigenvalue weighted by atomic mass is 10.2. The Hall–Kier alpha value is -3.35. The monoisotopic (exact) mass is 393 g/mol. The molecule has 0 fully saturated rings. The van der Waals surface area contributed by atoms with Crippen LogP contribution in [0, 0.1) is 0 Å². The fraction of sp³-hybridized carbons (Fsp3) is 0.318. The van der Waals surface area contributed by atoms with Crippen LogP contribution in [0.3, 0.4) is 0 Å². The summed E-state index contributed by atoms with van der Waals surface area (Å²) >= 11 is 0. The summed E-state index contributed by atoms with van der Waals surface area (Å²) in [6.07, 6.45) is 3.67. The van der Waals surface area contributed by atoms with E-state index >= 15 is 0 Å². The second-order valence-electron chi connectivity index (χ2n) is 7.22. The SMILES string of the molecule is CCCCN(C)C(=O)c1nc(C(=O)Nc2ccc(N(C)C)cc2)c2ccccn12. The summed E-state index contributed by atoms with van der Waals surface area (Å²) < 4.78 is 1.68. The summed E-state index contributed by atoms with van der Waals surface area (Å²) in [5.74, 6) is -0.303. The number of hydrogen-bond donors (Lipinski definition) is 1. The predicted molar refractivity (Wildman–Crippen MR) is 116 cm³/mol. The molecular formula is C22H27N5O2. The molecule has 7 nitrogen and oxygen atoms in total. The average Bonchev–Trinajstić information content (AvgIpc) is 3.11. The van der Waals surface area contributed by atoms with E-state index in [2.05, 4.69) is 17.2 Å². The maximum absolute atomic E-state index is 12.9. The molecule has 1 N–H and O–H groups in total. The van der Waals surface area contributed by atoms with Crippen molar-refractivity contribution in [2.75, 3.05) is 37.9 Å². The molecule has 0 saturated carbocycles. The Morgan fingerprint density at radius 3 is 2.45 bits per heavy atom. The number of rotatable bonds is 7. The number of aromatic nitrogens is 2. The Kier molecular flexibility index (Phi) is 6.16. The molecule has 7 heteroatoms. The lowest BCUT2D eigenvalue weighted by Crippen LogP contribution is -2.29. The van der Waals surface area contributed by atoms with Gasteiger partial charge in [-0.15, -0.1) is 0 Å². The van der Waals surface area contributed by atoms with Gasteiger partial charge in [0, 0.05) is 45.3 Å². The van der Waals surface area contributed by atoms with Crippen molar-refractivity contribution >= 4 is 28.7 Å². The minimum absolute atomic E-state index is 0.200. The van der Waals surface area contributed by atoms with Crippen molar-refractivity contribution in [3.8, 4) is 0 Å². The zero-order chi connectivity index (χ0) is 21.0. The summed E-state index contributed by atoms with van der Waals surface area (Å²) in [4.78, 5) is 33.8.